The van der Waals surface area contributed by atoms with Crippen molar-refractivity contribution in [3.63, 3.8) is 0 Å². The zero-order valence-electron chi connectivity index (χ0n) is 11.3. The molecular formula is C12H15Cl2N5O. The van der Waals surface area contributed by atoms with E-state index >= 15 is 0 Å². The number of nitrogens with zero attached hydrogens (tertiary/aromatic N) is 5. The highest BCUT2D eigenvalue weighted by Gasteiger charge is 2.24. The van der Waals surface area contributed by atoms with Gasteiger partial charge in [-0.25, -0.2) is 4.98 Å². The molecule has 0 saturated carbocycles. The number of rotatable bonds is 2. The molecule has 2 aromatic rings. The molecule has 0 spiro atoms. The molecule has 1 saturated heterocycles. The van der Waals surface area contributed by atoms with Crippen molar-refractivity contribution in [1.82, 2.24) is 19.5 Å². The molecule has 1 aliphatic heterocycles. The third kappa shape index (κ3) is 2.32. The molecular weight excluding hydrogens is 301 g/mol. The first-order valence-electron chi connectivity index (χ1n) is 6.48. The topological polar surface area (TPSA) is 56.1 Å². The van der Waals surface area contributed by atoms with Gasteiger partial charge in [0.2, 0.25) is 10.6 Å². The van der Waals surface area contributed by atoms with Crippen LogP contribution in [0.3, 0.4) is 0 Å². The fraction of sp³-hybridized carbons (Fsp3) is 0.583. The standard InChI is InChI=1S/C12H15Cl2N5O/c1-18(2)9-8-10(17-11(13)16-9)19(12(14)15-8)7-5-3-4-6-20-7/h7H,3-6H2,1-2H3. The van der Waals surface area contributed by atoms with Crippen molar-refractivity contribution in [2.24, 2.45) is 0 Å². The Hall–Kier alpha value is -1.11. The van der Waals surface area contributed by atoms with Gasteiger partial charge < -0.3 is 9.64 Å². The van der Waals surface area contributed by atoms with E-state index in [-0.39, 0.29) is 11.5 Å². The summed E-state index contributed by atoms with van der Waals surface area (Å²) in [6.07, 6.45) is 2.92. The van der Waals surface area contributed by atoms with E-state index in [0.717, 1.165) is 25.9 Å². The summed E-state index contributed by atoms with van der Waals surface area (Å²) in [6.45, 7) is 0.722. The average molecular weight is 316 g/mol. The van der Waals surface area contributed by atoms with E-state index in [2.05, 4.69) is 15.0 Å². The Kier molecular flexibility index (Phi) is 3.70. The maximum Gasteiger partial charge on any atom is 0.226 e. The molecule has 0 radical (unpaired) electrons. The molecule has 6 nitrogen and oxygen atoms in total. The quantitative estimate of drug-likeness (QED) is 0.630. The van der Waals surface area contributed by atoms with Gasteiger partial charge in [0.15, 0.2) is 17.0 Å². The van der Waals surface area contributed by atoms with Crippen molar-refractivity contribution in [3.8, 4) is 0 Å². The van der Waals surface area contributed by atoms with Crippen LogP contribution in [0, 0.1) is 0 Å². The van der Waals surface area contributed by atoms with Crippen molar-refractivity contribution in [3.05, 3.63) is 10.6 Å². The molecule has 1 atom stereocenters. The van der Waals surface area contributed by atoms with Crippen LogP contribution in [-0.2, 0) is 4.74 Å². The Morgan fingerprint density at radius 3 is 2.65 bits per heavy atom. The second-order valence-corrected chi connectivity index (χ2v) is 5.63. The van der Waals surface area contributed by atoms with Crippen LogP contribution in [0.4, 0.5) is 5.82 Å². The van der Waals surface area contributed by atoms with Crippen LogP contribution in [0.2, 0.25) is 10.6 Å². The molecule has 0 amide bonds. The highest BCUT2D eigenvalue weighted by Crippen LogP contribution is 2.33. The summed E-state index contributed by atoms with van der Waals surface area (Å²) >= 11 is 12.3. The van der Waals surface area contributed by atoms with E-state index in [4.69, 9.17) is 27.9 Å². The third-order valence-electron chi connectivity index (χ3n) is 3.32. The molecule has 0 N–H and O–H groups in total. The number of aromatic nitrogens is 4. The van der Waals surface area contributed by atoms with Crippen molar-refractivity contribution in [2.45, 2.75) is 25.5 Å². The lowest BCUT2D eigenvalue weighted by molar-refractivity contribution is -0.0296. The SMILES string of the molecule is CN(C)c1nc(Cl)nc2c1nc(Cl)n2C1CCCCO1. The van der Waals surface area contributed by atoms with Crippen molar-refractivity contribution < 1.29 is 4.74 Å². The molecule has 0 aliphatic carbocycles. The van der Waals surface area contributed by atoms with Crippen molar-refractivity contribution in [2.75, 3.05) is 25.6 Å². The molecule has 1 unspecified atom stereocenters. The predicted octanol–water partition coefficient (Wildman–Crippen LogP) is 2.90. The average Bonchev–Trinajstić information content (AvgIpc) is 2.74. The fourth-order valence-electron chi connectivity index (χ4n) is 2.40. The fourth-order valence-corrected chi connectivity index (χ4v) is 2.84. The molecule has 3 heterocycles. The van der Waals surface area contributed by atoms with Gasteiger partial charge in [0.25, 0.3) is 0 Å². The Labute approximate surface area is 126 Å². The lowest BCUT2D eigenvalue weighted by Gasteiger charge is -2.24. The van der Waals surface area contributed by atoms with Gasteiger partial charge in [-0.05, 0) is 42.5 Å². The van der Waals surface area contributed by atoms with E-state index in [0.29, 0.717) is 22.3 Å². The summed E-state index contributed by atoms with van der Waals surface area (Å²) in [5.74, 6) is 0.649. The number of ether oxygens (including phenoxy) is 1. The number of anilines is 1. The highest BCUT2D eigenvalue weighted by molar-refractivity contribution is 6.30. The minimum absolute atomic E-state index is 0.137. The molecule has 2 aromatic heterocycles. The first-order chi connectivity index (χ1) is 9.58. The summed E-state index contributed by atoms with van der Waals surface area (Å²) < 4.78 is 7.58. The van der Waals surface area contributed by atoms with Gasteiger partial charge in [-0.2, -0.15) is 9.97 Å². The van der Waals surface area contributed by atoms with E-state index in [9.17, 15) is 0 Å². The van der Waals surface area contributed by atoms with E-state index in [1.807, 2.05) is 19.0 Å². The summed E-state index contributed by atoms with van der Waals surface area (Å²) in [4.78, 5) is 14.7. The Bertz CT molecular complexity index is 636. The monoisotopic (exact) mass is 315 g/mol. The zero-order valence-corrected chi connectivity index (χ0v) is 12.8. The number of fused-ring (bicyclic) bond motifs is 1. The molecule has 20 heavy (non-hydrogen) atoms. The first kappa shape index (κ1) is 13.9. The lowest BCUT2D eigenvalue weighted by atomic mass is 10.2. The van der Waals surface area contributed by atoms with Gasteiger partial charge in [0.1, 0.15) is 6.23 Å². The third-order valence-corrected chi connectivity index (χ3v) is 3.75. The van der Waals surface area contributed by atoms with Crippen LogP contribution >= 0.6 is 23.2 Å². The van der Waals surface area contributed by atoms with Crippen LogP contribution < -0.4 is 4.90 Å². The zero-order chi connectivity index (χ0) is 14.3. The smallest absolute Gasteiger partial charge is 0.226 e. The van der Waals surface area contributed by atoms with Gasteiger partial charge >= 0.3 is 0 Å². The van der Waals surface area contributed by atoms with Crippen LogP contribution in [0.1, 0.15) is 25.5 Å². The molecule has 8 heteroatoms. The predicted molar refractivity (Wildman–Crippen MR) is 78.5 cm³/mol. The number of halogens is 2. The van der Waals surface area contributed by atoms with Crippen LogP contribution in [-0.4, -0.2) is 40.2 Å². The number of hydrogen-bond acceptors (Lipinski definition) is 5. The number of hydrogen-bond donors (Lipinski definition) is 0. The van der Waals surface area contributed by atoms with Gasteiger partial charge in [-0.1, -0.05) is 0 Å². The molecule has 0 bridgehead atoms. The second kappa shape index (κ2) is 5.35. The largest absolute Gasteiger partial charge is 0.361 e. The van der Waals surface area contributed by atoms with E-state index in [1.54, 1.807) is 4.57 Å². The Balaban J connectivity index is 2.19. The normalized spacial score (nSPS) is 19.5. The van der Waals surface area contributed by atoms with Gasteiger partial charge in [-0.15, -0.1) is 0 Å². The molecule has 1 aliphatic rings. The Morgan fingerprint density at radius 1 is 1.20 bits per heavy atom. The summed E-state index contributed by atoms with van der Waals surface area (Å²) in [6, 6.07) is 0. The molecule has 108 valence electrons. The highest BCUT2D eigenvalue weighted by atomic mass is 35.5. The van der Waals surface area contributed by atoms with Crippen molar-refractivity contribution in [1.29, 1.82) is 0 Å². The molecule has 3 rings (SSSR count). The summed E-state index contributed by atoms with van der Waals surface area (Å²) in [5, 5.41) is 0.529. The van der Waals surface area contributed by atoms with E-state index < -0.39 is 0 Å². The summed E-state index contributed by atoms with van der Waals surface area (Å²) in [5.41, 5.74) is 1.25. The van der Waals surface area contributed by atoms with Crippen LogP contribution in [0.15, 0.2) is 0 Å². The minimum atomic E-state index is -0.137. The van der Waals surface area contributed by atoms with Gasteiger partial charge in [-0.3, -0.25) is 4.57 Å². The minimum Gasteiger partial charge on any atom is -0.361 e. The lowest BCUT2D eigenvalue weighted by Crippen LogP contribution is -2.19. The summed E-state index contributed by atoms with van der Waals surface area (Å²) in [7, 11) is 3.75. The van der Waals surface area contributed by atoms with Gasteiger partial charge in [0.05, 0.1) is 0 Å². The van der Waals surface area contributed by atoms with Crippen LogP contribution in [0.25, 0.3) is 11.2 Å². The molecule has 0 aromatic carbocycles. The number of imidazole rings is 1. The maximum absolute atomic E-state index is 6.27. The maximum atomic E-state index is 6.27. The van der Waals surface area contributed by atoms with Gasteiger partial charge in [0, 0.05) is 20.7 Å². The van der Waals surface area contributed by atoms with Crippen LogP contribution in [0.5, 0.6) is 0 Å². The van der Waals surface area contributed by atoms with Crippen molar-refractivity contribution >= 4 is 40.2 Å². The second-order valence-electron chi connectivity index (χ2n) is 4.95. The van der Waals surface area contributed by atoms with E-state index in [1.165, 1.54) is 0 Å². The first-order valence-corrected chi connectivity index (χ1v) is 7.23. The Morgan fingerprint density at radius 2 is 2.00 bits per heavy atom. The molecule has 1 fully saturated rings.